The summed E-state index contributed by atoms with van der Waals surface area (Å²) in [6, 6.07) is 20.2. The number of nitrogens with two attached hydrogens (primary N) is 1. The van der Waals surface area contributed by atoms with Crippen LogP contribution in [0, 0.1) is 0 Å². The minimum atomic E-state index is 0.462. The van der Waals surface area contributed by atoms with Crippen molar-refractivity contribution >= 4 is 17.3 Å². The van der Waals surface area contributed by atoms with E-state index >= 15 is 0 Å². The third-order valence-electron chi connectivity index (χ3n) is 3.18. The Kier molecular flexibility index (Phi) is 5.64. The van der Waals surface area contributed by atoms with Gasteiger partial charge >= 0.3 is 0 Å². The molecule has 0 aliphatic carbocycles. The lowest BCUT2D eigenvalue weighted by molar-refractivity contribution is 0.795. The average molecular weight is 282 g/mol. The fraction of sp³-hybridized carbons (Fsp3) is 0.235. The molecule has 0 saturated carbocycles. The number of rotatable bonds is 6. The van der Waals surface area contributed by atoms with Gasteiger partial charge in [0.2, 0.25) is 0 Å². The van der Waals surface area contributed by atoms with E-state index in [0.717, 1.165) is 18.7 Å². The SMILES string of the molecule is CN(CCCN=C(N)Nc1ccccc1)c1ccccc1. The van der Waals surface area contributed by atoms with Gasteiger partial charge in [-0.1, -0.05) is 36.4 Å². The number of anilines is 2. The van der Waals surface area contributed by atoms with Crippen LogP contribution in [0.1, 0.15) is 6.42 Å². The second-order valence-electron chi connectivity index (χ2n) is 4.87. The maximum Gasteiger partial charge on any atom is 0.193 e. The van der Waals surface area contributed by atoms with Gasteiger partial charge in [-0.25, -0.2) is 0 Å². The Balaban J connectivity index is 1.72. The lowest BCUT2D eigenvalue weighted by Gasteiger charge is -2.18. The van der Waals surface area contributed by atoms with Gasteiger partial charge in [-0.2, -0.15) is 0 Å². The predicted molar refractivity (Wildman–Crippen MR) is 90.9 cm³/mol. The third kappa shape index (κ3) is 5.18. The number of aliphatic imine (C=N–C) groups is 1. The summed E-state index contributed by atoms with van der Waals surface area (Å²) < 4.78 is 0. The van der Waals surface area contributed by atoms with E-state index in [2.05, 4.69) is 34.4 Å². The summed E-state index contributed by atoms with van der Waals surface area (Å²) in [5.74, 6) is 0.462. The Morgan fingerprint density at radius 1 is 1.05 bits per heavy atom. The summed E-state index contributed by atoms with van der Waals surface area (Å²) in [5, 5.41) is 3.08. The number of guanidine groups is 1. The molecular formula is C17H22N4. The first-order chi connectivity index (χ1) is 10.3. The molecule has 21 heavy (non-hydrogen) atoms. The van der Waals surface area contributed by atoms with Gasteiger partial charge in [-0.05, 0) is 30.7 Å². The van der Waals surface area contributed by atoms with Crippen LogP contribution in [0.15, 0.2) is 65.7 Å². The number of nitrogens with zero attached hydrogens (tertiary/aromatic N) is 2. The number of hydrogen-bond acceptors (Lipinski definition) is 2. The molecule has 0 saturated heterocycles. The molecule has 0 spiro atoms. The largest absolute Gasteiger partial charge is 0.375 e. The zero-order valence-electron chi connectivity index (χ0n) is 12.4. The smallest absolute Gasteiger partial charge is 0.193 e. The molecule has 0 aliphatic rings. The van der Waals surface area contributed by atoms with Crippen molar-refractivity contribution in [2.45, 2.75) is 6.42 Å². The Hall–Kier alpha value is -2.49. The second kappa shape index (κ2) is 7.94. The van der Waals surface area contributed by atoms with E-state index in [4.69, 9.17) is 5.73 Å². The Morgan fingerprint density at radius 2 is 1.67 bits per heavy atom. The van der Waals surface area contributed by atoms with Gasteiger partial charge in [-0.3, -0.25) is 4.99 Å². The van der Waals surface area contributed by atoms with Gasteiger partial charge in [0.25, 0.3) is 0 Å². The maximum absolute atomic E-state index is 5.86. The van der Waals surface area contributed by atoms with Crippen molar-refractivity contribution in [3.63, 3.8) is 0 Å². The van der Waals surface area contributed by atoms with Crippen molar-refractivity contribution in [2.75, 3.05) is 30.4 Å². The van der Waals surface area contributed by atoms with Crippen LogP contribution in [-0.2, 0) is 0 Å². The summed E-state index contributed by atoms with van der Waals surface area (Å²) in [7, 11) is 2.09. The fourth-order valence-electron chi connectivity index (χ4n) is 2.03. The number of nitrogens with one attached hydrogen (secondary N) is 1. The standard InChI is InChI=1S/C17H22N4/c1-21(16-11-6-3-7-12-16)14-8-13-19-17(18)20-15-9-4-2-5-10-15/h2-7,9-12H,8,13-14H2,1H3,(H3,18,19,20). The third-order valence-corrected chi connectivity index (χ3v) is 3.18. The van der Waals surface area contributed by atoms with Crippen LogP contribution in [0.5, 0.6) is 0 Å². The van der Waals surface area contributed by atoms with Gasteiger partial charge in [0.15, 0.2) is 5.96 Å². The van der Waals surface area contributed by atoms with Crippen molar-refractivity contribution in [1.29, 1.82) is 0 Å². The molecule has 0 fully saturated rings. The average Bonchev–Trinajstić information content (AvgIpc) is 2.53. The van der Waals surface area contributed by atoms with Crippen LogP contribution >= 0.6 is 0 Å². The molecular weight excluding hydrogens is 260 g/mol. The van der Waals surface area contributed by atoms with E-state index in [9.17, 15) is 0 Å². The molecule has 110 valence electrons. The summed E-state index contributed by atoms with van der Waals surface area (Å²) in [6.07, 6.45) is 0.961. The molecule has 0 heterocycles. The molecule has 0 bridgehead atoms. The predicted octanol–water partition coefficient (Wildman–Crippen LogP) is 2.94. The van der Waals surface area contributed by atoms with Crippen molar-refractivity contribution in [1.82, 2.24) is 0 Å². The van der Waals surface area contributed by atoms with E-state index in [0.29, 0.717) is 12.5 Å². The molecule has 0 atom stereocenters. The zero-order chi connectivity index (χ0) is 14.9. The van der Waals surface area contributed by atoms with Crippen molar-refractivity contribution in [2.24, 2.45) is 10.7 Å². The minimum Gasteiger partial charge on any atom is -0.375 e. The Morgan fingerprint density at radius 3 is 2.33 bits per heavy atom. The molecule has 0 aromatic heterocycles. The van der Waals surface area contributed by atoms with Crippen LogP contribution in [0.3, 0.4) is 0 Å². The van der Waals surface area contributed by atoms with Gasteiger partial charge in [0.1, 0.15) is 0 Å². The van der Waals surface area contributed by atoms with Crippen LogP contribution in [0.2, 0.25) is 0 Å². The Bertz CT molecular complexity index is 552. The topological polar surface area (TPSA) is 53.6 Å². The molecule has 2 rings (SSSR count). The van der Waals surface area contributed by atoms with E-state index in [1.165, 1.54) is 5.69 Å². The van der Waals surface area contributed by atoms with Gasteiger partial charge in [0.05, 0.1) is 0 Å². The lowest BCUT2D eigenvalue weighted by atomic mass is 10.3. The fourth-order valence-corrected chi connectivity index (χ4v) is 2.03. The molecule has 4 heteroatoms. The van der Waals surface area contributed by atoms with Crippen molar-refractivity contribution < 1.29 is 0 Å². The van der Waals surface area contributed by atoms with E-state index in [-0.39, 0.29) is 0 Å². The molecule has 3 N–H and O–H groups in total. The highest BCUT2D eigenvalue weighted by Gasteiger charge is 1.99. The molecule has 0 aliphatic heterocycles. The quantitative estimate of drug-likeness (QED) is 0.486. The highest BCUT2D eigenvalue weighted by Crippen LogP contribution is 2.10. The monoisotopic (exact) mass is 282 g/mol. The summed E-state index contributed by atoms with van der Waals surface area (Å²) in [6.45, 7) is 1.66. The molecule has 2 aromatic carbocycles. The minimum absolute atomic E-state index is 0.462. The Labute approximate surface area is 126 Å². The first kappa shape index (κ1) is 14.9. The van der Waals surface area contributed by atoms with E-state index in [1.54, 1.807) is 0 Å². The van der Waals surface area contributed by atoms with Crippen molar-refractivity contribution in [3.8, 4) is 0 Å². The van der Waals surface area contributed by atoms with Crippen LogP contribution in [0.25, 0.3) is 0 Å². The molecule has 2 aromatic rings. The van der Waals surface area contributed by atoms with Crippen LogP contribution < -0.4 is 16.0 Å². The molecule has 0 unspecified atom stereocenters. The van der Waals surface area contributed by atoms with Gasteiger partial charge < -0.3 is 16.0 Å². The molecule has 0 amide bonds. The highest BCUT2D eigenvalue weighted by atomic mass is 15.1. The first-order valence-corrected chi connectivity index (χ1v) is 7.14. The number of benzene rings is 2. The summed E-state index contributed by atoms with van der Waals surface area (Å²) >= 11 is 0. The van der Waals surface area contributed by atoms with Crippen molar-refractivity contribution in [3.05, 3.63) is 60.7 Å². The first-order valence-electron chi connectivity index (χ1n) is 7.14. The zero-order valence-corrected chi connectivity index (χ0v) is 12.4. The van der Waals surface area contributed by atoms with Crippen LogP contribution in [-0.4, -0.2) is 26.1 Å². The maximum atomic E-state index is 5.86. The summed E-state index contributed by atoms with van der Waals surface area (Å²) in [4.78, 5) is 6.56. The highest BCUT2D eigenvalue weighted by molar-refractivity contribution is 5.92. The van der Waals surface area contributed by atoms with Crippen LogP contribution in [0.4, 0.5) is 11.4 Å². The number of para-hydroxylation sites is 2. The van der Waals surface area contributed by atoms with E-state index in [1.807, 2.05) is 48.5 Å². The second-order valence-corrected chi connectivity index (χ2v) is 4.87. The van der Waals surface area contributed by atoms with Gasteiger partial charge in [-0.15, -0.1) is 0 Å². The van der Waals surface area contributed by atoms with E-state index < -0.39 is 0 Å². The lowest BCUT2D eigenvalue weighted by Crippen LogP contribution is -2.24. The number of hydrogen-bond donors (Lipinski definition) is 2. The normalized spacial score (nSPS) is 11.2. The summed E-state index contributed by atoms with van der Waals surface area (Å²) in [5.41, 5.74) is 8.04. The van der Waals surface area contributed by atoms with Gasteiger partial charge in [0, 0.05) is 31.5 Å². The molecule has 4 nitrogen and oxygen atoms in total. The molecule has 0 radical (unpaired) electrons.